The average Bonchev–Trinajstić information content (AvgIpc) is 2.63. The van der Waals surface area contributed by atoms with Gasteiger partial charge in [-0.25, -0.2) is 4.99 Å². The second kappa shape index (κ2) is 12.0. The van der Waals surface area contributed by atoms with Gasteiger partial charge in [0.25, 0.3) is 0 Å². The maximum atomic E-state index is 11.5. The molecule has 1 aromatic carbocycles. The van der Waals surface area contributed by atoms with E-state index >= 15 is 0 Å². The molecule has 7 heteroatoms. The van der Waals surface area contributed by atoms with Crippen molar-refractivity contribution in [2.75, 3.05) is 33.3 Å². The summed E-state index contributed by atoms with van der Waals surface area (Å²) in [6.07, 6.45) is -0.109. The second-order valence-electron chi connectivity index (χ2n) is 6.17. The van der Waals surface area contributed by atoms with Crippen molar-refractivity contribution in [2.24, 2.45) is 10.9 Å². The van der Waals surface area contributed by atoms with E-state index < -0.39 is 0 Å². The first-order chi connectivity index (χ1) is 12.5. The Balaban J connectivity index is 2.47. The van der Waals surface area contributed by atoms with E-state index in [1.165, 1.54) is 0 Å². The molecule has 1 unspecified atom stereocenters. The summed E-state index contributed by atoms with van der Waals surface area (Å²) in [5.74, 6) is 2.14. The highest BCUT2D eigenvalue weighted by Crippen LogP contribution is 2.26. The lowest BCUT2D eigenvalue weighted by Crippen LogP contribution is -2.42. The first-order valence-electron chi connectivity index (χ1n) is 9.07. The van der Waals surface area contributed by atoms with Crippen LogP contribution < -0.4 is 25.4 Å². The summed E-state index contributed by atoms with van der Waals surface area (Å²) in [7, 11) is 1.62. The lowest BCUT2D eigenvalue weighted by Gasteiger charge is -2.17. The summed E-state index contributed by atoms with van der Waals surface area (Å²) < 4.78 is 11.2. The van der Waals surface area contributed by atoms with Crippen molar-refractivity contribution in [2.45, 2.75) is 33.8 Å². The van der Waals surface area contributed by atoms with E-state index in [2.05, 4.69) is 20.9 Å². The zero-order valence-electron chi connectivity index (χ0n) is 16.5. The number of aliphatic imine (C=N–C) groups is 1. The Morgan fingerprint density at radius 1 is 1.08 bits per heavy atom. The number of nitrogens with one attached hydrogen (secondary N) is 3. The van der Waals surface area contributed by atoms with Crippen LogP contribution >= 0.6 is 0 Å². The molecule has 3 N–H and O–H groups in total. The van der Waals surface area contributed by atoms with Crippen molar-refractivity contribution in [1.29, 1.82) is 0 Å². The van der Waals surface area contributed by atoms with E-state index in [1.807, 2.05) is 52.0 Å². The fourth-order valence-corrected chi connectivity index (χ4v) is 2.10. The van der Waals surface area contributed by atoms with Gasteiger partial charge in [-0.1, -0.05) is 26.0 Å². The molecule has 0 saturated carbocycles. The normalized spacial score (nSPS) is 12.5. The van der Waals surface area contributed by atoms with Crippen LogP contribution in [0, 0.1) is 5.92 Å². The van der Waals surface area contributed by atoms with Crippen LogP contribution in [0.2, 0.25) is 0 Å². The molecule has 146 valence electrons. The SMILES string of the molecule is CCNC(=NCC(C)Oc1ccccc1OC)NCCNC(=O)C(C)C. The summed E-state index contributed by atoms with van der Waals surface area (Å²) in [4.78, 5) is 16.1. The molecule has 1 rings (SSSR count). The van der Waals surface area contributed by atoms with Crippen LogP contribution in [0.5, 0.6) is 11.5 Å². The minimum Gasteiger partial charge on any atom is -0.493 e. The van der Waals surface area contributed by atoms with Gasteiger partial charge in [-0.3, -0.25) is 4.79 Å². The van der Waals surface area contributed by atoms with Crippen molar-refractivity contribution in [3.63, 3.8) is 0 Å². The third kappa shape index (κ3) is 8.09. The van der Waals surface area contributed by atoms with Crippen molar-refractivity contribution >= 4 is 11.9 Å². The fourth-order valence-electron chi connectivity index (χ4n) is 2.10. The molecule has 0 spiro atoms. The third-order valence-corrected chi connectivity index (χ3v) is 3.49. The van der Waals surface area contributed by atoms with E-state index in [0.29, 0.717) is 37.1 Å². The average molecular weight is 364 g/mol. The molecule has 0 bridgehead atoms. The van der Waals surface area contributed by atoms with E-state index in [0.717, 1.165) is 6.54 Å². The monoisotopic (exact) mass is 364 g/mol. The number of carbonyl (C=O) groups excluding carboxylic acids is 1. The third-order valence-electron chi connectivity index (χ3n) is 3.49. The van der Waals surface area contributed by atoms with Gasteiger partial charge in [-0.15, -0.1) is 0 Å². The largest absolute Gasteiger partial charge is 0.493 e. The molecule has 0 fully saturated rings. The molecule has 0 radical (unpaired) electrons. The van der Waals surface area contributed by atoms with Crippen molar-refractivity contribution in [1.82, 2.24) is 16.0 Å². The number of nitrogens with zero attached hydrogens (tertiary/aromatic N) is 1. The van der Waals surface area contributed by atoms with Crippen LogP contribution in [0.25, 0.3) is 0 Å². The Morgan fingerprint density at radius 3 is 2.35 bits per heavy atom. The Bertz CT molecular complexity index is 576. The molecule has 0 aromatic heterocycles. The number of benzene rings is 1. The van der Waals surface area contributed by atoms with Gasteiger partial charge < -0.3 is 25.4 Å². The highest BCUT2D eigenvalue weighted by Gasteiger charge is 2.09. The number of hydrogen-bond acceptors (Lipinski definition) is 4. The summed E-state index contributed by atoms with van der Waals surface area (Å²) in [6, 6.07) is 7.55. The Morgan fingerprint density at radius 2 is 1.73 bits per heavy atom. The first-order valence-corrected chi connectivity index (χ1v) is 9.07. The Kier molecular flexibility index (Phi) is 9.97. The Hall–Kier alpha value is -2.44. The van der Waals surface area contributed by atoms with Gasteiger partial charge in [0, 0.05) is 25.6 Å². The molecule has 1 amide bonds. The van der Waals surface area contributed by atoms with Crippen LogP contribution in [0.4, 0.5) is 0 Å². The standard InChI is InChI=1S/C19H32N4O3/c1-6-20-19(22-12-11-21-18(24)14(2)3)23-13-15(4)26-17-10-8-7-9-16(17)25-5/h7-10,14-15H,6,11-13H2,1-5H3,(H,21,24)(H2,20,22,23). The molecule has 0 saturated heterocycles. The van der Waals surface area contributed by atoms with Crippen LogP contribution in [0.15, 0.2) is 29.3 Å². The number of methoxy groups -OCH3 is 1. The molecule has 0 aliphatic heterocycles. The predicted molar refractivity (Wildman–Crippen MR) is 105 cm³/mol. The number of amides is 1. The molecule has 26 heavy (non-hydrogen) atoms. The molecule has 0 heterocycles. The minimum atomic E-state index is -0.109. The van der Waals surface area contributed by atoms with Crippen LogP contribution in [-0.2, 0) is 4.79 Å². The summed E-state index contributed by atoms with van der Waals surface area (Å²) in [5.41, 5.74) is 0. The van der Waals surface area contributed by atoms with Gasteiger partial charge in [0.2, 0.25) is 5.91 Å². The van der Waals surface area contributed by atoms with Crippen molar-refractivity contribution in [3.05, 3.63) is 24.3 Å². The summed E-state index contributed by atoms with van der Waals surface area (Å²) in [6.45, 7) is 10.1. The number of rotatable bonds is 10. The summed E-state index contributed by atoms with van der Waals surface area (Å²) >= 11 is 0. The van der Waals surface area contributed by atoms with Gasteiger partial charge in [-0.05, 0) is 26.0 Å². The van der Waals surface area contributed by atoms with E-state index in [4.69, 9.17) is 9.47 Å². The molecule has 1 atom stereocenters. The molecular weight excluding hydrogens is 332 g/mol. The Labute approximate surface area is 156 Å². The number of carbonyl (C=O) groups is 1. The van der Waals surface area contributed by atoms with Crippen LogP contribution in [-0.4, -0.2) is 51.3 Å². The van der Waals surface area contributed by atoms with Gasteiger partial charge in [-0.2, -0.15) is 0 Å². The molecule has 1 aromatic rings. The number of ether oxygens (including phenoxy) is 2. The van der Waals surface area contributed by atoms with Gasteiger partial charge in [0.1, 0.15) is 6.10 Å². The maximum absolute atomic E-state index is 11.5. The predicted octanol–water partition coefficient (Wildman–Crippen LogP) is 1.79. The zero-order chi connectivity index (χ0) is 19.4. The van der Waals surface area contributed by atoms with Crippen molar-refractivity contribution < 1.29 is 14.3 Å². The fraction of sp³-hybridized carbons (Fsp3) is 0.579. The summed E-state index contributed by atoms with van der Waals surface area (Å²) in [5, 5.41) is 9.25. The highest BCUT2D eigenvalue weighted by molar-refractivity contribution is 5.80. The van der Waals surface area contributed by atoms with E-state index in [1.54, 1.807) is 7.11 Å². The lowest BCUT2D eigenvalue weighted by atomic mass is 10.2. The van der Waals surface area contributed by atoms with Crippen LogP contribution in [0.1, 0.15) is 27.7 Å². The minimum absolute atomic E-state index is 0.00937. The van der Waals surface area contributed by atoms with E-state index in [9.17, 15) is 4.79 Å². The van der Waals surface area contributed by atoms with Gasteiger partial charge in [0.05, 0.1) is 13.7 Å². The van der Waals surface area contributed by atoms with Gasteiger partial charge >= 0.3 is 0 Å². The highest BCUT2D eigenvalue weighted by atomic mass is 16.5. The quantitative estimate of drug-likeness (QED) is 0.335. The van der Waals surface area contributed by atoms with Crippen LogP contribution in [0.3, 0.4) is 0 Å². The smallest absolute Gasteiger partial charge is 0.222 e. The molecule has 0 aliphatic carbocycles. The first kappa shape index (κ1) is 21.6. The zero-order valence-corrected chi connectivity index (χ0v) is 16.5. The molecule has 7 nitrogen and oxygen atoms in total. The lowest BCUT2D eigenvalue weighted by molar-refractivity contribution is -0.123. The molecule has 0 aliphatic rings. The number of para-hydroxylation sites is 2. The maximum Gasteiger partial charge on any atom is 0.222 e. The molecular formula is C19H32N4O3. The number of guanidine groups is 1. The van der Waals surface area contributed by atoms with Gasteiger partial charge in [0.15, 0.2) is 17.5 Å². The topological polar surface area (TPSA) is 84.0 Å². The number of hydrogen-bond donors (Lipinski definition) is 3. The van der Waals surface area contributed by atoms with Crippen molar-refractivity contribution in [3.8, 4) is 11.5 Å². The van der Waals surface area contributed by atoms with E-state index in [-0.39, 0.29) is 17.9 Å². The second-order valence-corrected chi connectivity index (χ2v) is 6.17.